The lowest BCUT2D eigenvalue weighted by Crippen LogP contribution is -2.12. The second-order valence-electron chi connectivity index (χ2n) is 8.05. The molecule has 0 heteroatoms. The van der Waals surface area contributed by atoms with Gasteiger partial charge in [-0.1, -0.05) is 76.2 Å². The van der Waals surface area contributed by atoms with E-state index < -0.39 is 0 Å². The van der Waals surface area contributed by atoms with Crippen molar-refractivity contribution in [3.05, 3.63) is 76.4 Å². The molecule has 1 aliphatic carbocycles. The number of allylic oxidation sites excluding steroid dienone is 1. The van der Waals surface area contributed by atoms with Crippen LogP contribution in [0.15, 0.2) is 48.5 Å². The largest absolute Gasteiger partial charge is 0.0755 e. The number of rotatable bonds is 2. The van der Waals surface area contributed by atoms with Crippen LogP contribution in [0.3, 0.4) is 0 Å². The summed E-state index contributed by atoms with van der Waals surface area (Å²) in [5.41, 5.74) is 8.84. The summed E-state index contributed by atoms with van der Waals surface area (Å²) in [6.07, 6.45) is 4.73. The van der Waals surface area contributed by atoms with Gasteiger partial charge in [0.15, 0.2) is 0 Å². The van der Waals surface area contributed by atoms with Gasteiger partial charge < -0.3 is 0 Å². The number of hydrogen-bond donors (Lipinski definition) is 0. The second kappa shape index (κ2) is 6.00. The molecule has 0 atom stereocenters. The molecule has 0 saturated heterocycles. The Kier molecular flexibility index (Phi) is 4.19. The number of hydrogen-bond acceptors (Lipinski definition) is 0. The fourth-order valence-electron chi connectivity index (χ4n) is 3.78. The molecule has 0 heterocycles. The zero-order valence-electron chi connectivity index (χ0n) is 15.1. The van der Waals surface area contributed by atoms with Crippen LogP contribution < -0.4 is 0 Å². The number of fused-ring (bicyclic) bond motifs is 1. The summed E-state index contributed by atoms with van der Waals surface area (Å²) in [7, 11) is 0. The molecule has 2 aromatic carbocycles. The van der Waals surface area contributed by atoms with E-state index in [2.05, 4.69) is 83.2 Å². The zero-order valence-corrected chi connectivity index (χ0v) is 15.1. The van der Waals surface area contributed by atoms with Gasteiger partial charge in [0.25, 0.3) is 0 Å². The van der Waals surface area contributed by atoms with E-state index in [9.17, 15) is 0 Å². The Morgan fingerprint density at radius 1 is 1.00 bits per heavy atom. The molecule has 0 N–H and O–H groups in total. The van der Waals surface area contributed by atoms with Gasteiger partial charge in [-0.05, 0) is 64.5 Å². The minimum Gasteiger partial charge on any atom is -0.0755 e. The molecule has 120 valence electrons. The number of benzene rings is 2. The van der Waals surface area contributed by atoms with E-state index in [0.29, 0.717) is 11.3 Å². The minimum atomic E-state index is 0.324. The molecule has 0 fully saturated rings. The van der Waals surface area contributed by atoms with Crippen LogP contribution in [0.1, 0.15) is 67.9 Å². The lowest BCUT2D eigenvalue weighted by atomic mass is 9.83. The van der Waals surface area contributed by atoms with Crippen molar-refractivity contribution in [1.29, 1.82) is 0 Å². The molecule has 0 amide bonds. The van der Waals surface area contributed by atoms with Crippen molar-refractivity contribution in [2.24, 2.45) is 5.41 Å². The normalized spacial score (nSPS) is 16.7. The molecule has 0 aromatic heterocycles. The maximum atomic E-state index is 2.45. The Morgan fingerprint density at radius 2 is 1.74 bits per heavy atom. The van der Waals surface area contributed by atoms with Crippen LogP contribution >= 0.6 is 0 Å². The average Bonchev–Trinajstić information content (AvgIpc) is 2.61. The maximum Gasteiger partial charge on any atom is -0.0148 e. The SMILES string of the molecule is Cc1cc(C2=CCC(C)(C)Cc3ccccc32)ccc1C(C)C. The summed E-state index contributed by atoms with van der Waals surface area (Å²) in [4.78, 5) is 0. The van der Waals surface area contributed by atoms with E-state index in [0.717, 1.165) is 12.8 Å². The minimum absolute atomic E-state index is 0.324. The fraction of sp³-hybridized carbons (Fsp3) is 0.391. The van der Waals surface area contributed by atoms with Gasteiger partial charge in [0.05, 0.1) is 0 Å². The molecule has 0 saturated carbocycles. The van der Waals surface area contributed by atoms with Crippen molar-refractivity contribution in [1.82, 2.24) is 0 Å². The van der Waals surface area contributed by atoms with E-state index >= 15 is 0 Å². The Bertz CT molecular complexity index is 744. The first-order chi connectivity index (χ1) is 10.9. The van der Waals surface area contributed by atoms with E-state index in [1.165, 1.54) is 33.4 Å². The molecular formula is C23H28. The van der Waals surface area contributed by atoms with Gasteiger partial charge in [-0.15, -0.1) is 0 Å². The first-order valence-corrected chi connectivity index (χ1v) is 8.77. The first-order valence-electron chi connectivity index (χ1n) is 8.77. The van der Waals surface area contributed by atoms with Gasteiger partial charge in [0, 0.05) is 0 Å². The highest BCUT2D eigenvalue weighted by molar-refractivity contribution is 5.82. The van der Waals surface area contributed by atoms with Crippen molar-refractivity contribution in [3.63, 3.8) is 0 Å². The molecule has 2 aromatic rings. The molecule has 0 nitrogen and oxygen atoms in total. The van der Waals surface area contributed by atoms with Gasteiger partial charge in [-0.25, -0.2) is 0 Å². The van der Waals surface area contributed by atoms with E-state index in [1.807, 2.05) is 0 Å². The van der Waals surface area contributed by atoms with Gasteiger partial charge in [-0.2, -0.15) is 0 Å². The van der Waals surface area contributed by atoms with Crippen LogP contribution in [0.4, 0.5) is 0 Å². The highest BCUT2D eigenvalue weighted by Gasteiger charge is 2.24. The lowest BCUT2D eigenvalue weighted by molar-refractivity contribution is 0.371. The predicted molar refractivity (Wildman–Crippen MR) is 101 cm³/mol. The van der Waals surface area contributed by atoms with Crippen LogP contribution in [0.25, 0.3) is 5.57 Å². The van der Waals surface area contributed by atoms with Gasteiger partial charge >= 0.3 is 0 Å². The Labute approximate surface area is 141 Å². The third-order valence-corrected chi connectivity index (χ3v) is 5.04. The van der Waals surface area contributed by atoms with Crippen LogP contribution in [0.2, 0.25) is 0 Å². The van der Waals surface area contributed by atoms with Crippen LogP contribution in [0.5, 0.6) is 0 Å². The maximum absolute atomic E-state index is 2.45. The topological polar surface area (TPSA) is 0 Å². The first kappa shape index (κ1) is 16.1. The smallest absolute Gasteiger partial charge is 0.0148 e. The quantitative estimate of drug-likeness (QED) is 0.592. The molecule has 0 spiro atoms. The Hall–Kier alpha value is -1.82. The highest BCUT2D eigenvalue weighted by Crippen LogP contribution is 2.38. The van der Waals surface area contributed by atoms with Gasteiger partial charge in [0.1, 0.15) is 0 Å². The summed E-state index contributed by atoms with van der Waals surface area (Å²) in [6, 6.07) is 15.9. The zero-order chi connectivity index (χ0) is 16.6. The molecule has 1 aliphatic rings. The molecule has 0 bridgehead atoms. The monoisotopic (exact) mass is 304 g/mol. The van der Waals surface area contributed by atoms with Crippen LogP contribution in [0, 0.1) is 12.3 Å². The summed E-state index contributed by atoms with van der Waals surface area (Å²) >= 11 is 0. The van der Waals surface area contributed by atoms with E-state index in [4.69, 9.17) is 0 Å². The third-order valence-electron chi connectivity index (χ3n) is 5.04. The van der Waals surface area contributed by atoms with Crippen molar-refractivity contribution < 1.29 is 0 Å². The van der Waals surface area contributed by atoms with E-state index in [-0.39, 0.29) is 0 Å². The van der Waals surface area contributed by atoms with Gasteiger partial charge in [0.2, 0.25) is 0 Å². The standard InChI is InChI=1S/C23H28/c1-16(2)20-11-10-18(14-17(20)3)22-12-13-23(4,5)15-19-8-6-7-9-21(19)22/h6-12,14,16H,13,15H2,1-5H3. The number of aryl methyl sites for hydroxylation is 1. The summed E-state index contributed by atoms with van der Waals surface area (Å²) < 4.78 is 0. The van der Waals surface area contributed by atoms with Crippen LogP contribution in [-0.4, -0.2) is 0 Å². The Balaban J connectivity index is 2.12. The summed E-state index contributed by atoms with van der Waals surface area (Å²) in [6.45, 7) is 11.5. The molecular weight excluding hydrogens is 276 g/mol. The summed E-state index contributed by atoms with van der Waals surface area (Å²) in [5, 5.41) is 0. The molecule has 3 rings (SSSR count). The van der Waals surface area contributed by atoms with Crippen molar-refractivity contribution in [2.75, 3.05) is 0 Å². The molecule has 23 heavy (non-hydrogen) atoms. The Morgan fingerprint density at radius 3 is 2.43 bits per heavy atom. The van der Waals surface area contributed by atoms with Crippen molar-refractivity contribution >= 4 is 5.57 Å². The van der Waals surface area contributed by atoms with Gasteiger partial charge in [-0.3, -0.25) is 0 Å². The predicted octanol–water partition coefficient (Wildman–Crippen LogP) is 6.52. The summed E-state index contributed by atoms with van der Waals surface area (Å²) in [5.74, 6) is 0.582. The van der Waals surface area contributed by atoms with E-state index in [1.54, 1.807) is 0 Å². The molecule has 0 aliphatic heterocycles. The van der Waals surface area contributed by atoms with Crippen molar-refractivity contribution in [3.8, 4) is 0 Å². The second-order valence-corrected chi connectivity index (χ2v) is 8.05. The third kappa shape index (κ3) is 3.27. The van der Waals surface area contributed by atoms with Crippen molar-refractivity contribution in [2.45, 2.75) is 53.4 Å². The van der Waals surface area contributed by atoms with Crippen LogP contribution in [-0.2, 0) is 6.42 Å². The fourth-order valence-corrected chi connectivity index (χ4v) is 3.78. The molecule has 0 unspecified atom stereocenters. The highest BCUT2D eigenvalue weighted by atomic mass is 14.3. The lowest BCUT2D eigenvalue weighted by Gasteiger charge is -2.21. The molecule has 0 radical (unpaired) electrons. The average molecular weight is 304 g/mol.